The molecule has 1 saturated heterocycles. The highest BCUT2D eigenvalue weighted by molar-refractivity contribution is 5.95. The van der Waals surface area contributed by atoms with Crippen LogP contribution >= 0.6 is 0 Å². The van der Waals surface area contributed by atoms with Crippen molar-refractivity contribution in [3.8, 4) is 0 Å². The minimum Gasteiger partial charge on any atom is -0.454 e. The molecule has 4 fully saturated rings. The number of hydrogen-bond acceptors (Lipinski definition) is 7. The van der Waals surface area contributed by atoms with E-state index in [0.29, 0.717) is 11.5 Å². The predicted molar refractivity (Wildman–Crippen MR) is 104 cm³/mol. The van der Waals surface area contributed by atoms with Gasteiger partial charge in [-0.05, 0) is 42.1 Å². The Morgan fingerprint density at radius 2 is 1.93 bits per heavy atom. The van der Waals surface area contributed by atoms with Gasteiger partial charge >= 0.3 is 12.1 Å². The highest BCUT2D eigenvalue weighted by atomic mass is 16.8. The van der Waals surface area contributed by atoms with Crippen molar-refractivity contribution < 1.29 is 33.7 Å². The lowest BCUT2D eigenvalue weighted by Crippen LogP contribution is -2.65. The molecular formula is C23H30O7. The fourth-order valence-corrected chi connectivity index (χ4v) is 7.74. The smallest absolute Gasteiger partial charge is 0.454 e. The van der Waals surface area contributed by atoms with Gasteiger partial charge in [0.1, 0.15) is 0 Å². The molecule has 5 aliphatic rings. The van der Waals surface area contributed by atoms with Gasteiger partial charge in [0.05, 0.1) is 11.5 Å². The number of hydrogen-bond donors (Lipinski definition) is 1. The second-order valence-corrected chi connectivity index (χ2v) is 10.8. The van der Waals surface area contributed by atoms with Crippen LogP contribution in [0.2, 0.25) is 0 Å². The first-order valence-corrected chi connectivity index (χ1v) is 10.9. The molecule has 1 aliphatic heterocycles. The van der Waals surface area contributed by atoms with Crippen LogP contribution in [0.25, 0.3) is 0 Å². The fraction of sp³-hybridized carbons (Fsp3) is 0.783. The molecule has 2 spiro atoms. The second kappa shape index (κ2) is 5.67. The van der Waals surface area contributed by atoms with Crippen LogP contribution in [0.5, 0.6) is 0 Å². The number of fused-ring (bicyclic) bond motifs is 3. The van der Waals surface area contributed by atoms with E-state index < -0.39 is 53.3 Å². The van der Waals surface area contributed by atoms with Gasteiger partial charge in [-0.1, -0.05) is 33.8 Å². The number of aliphatic hydroxyl groups is 1. The summed E-state index contributed by atoms with van der Waals surface area (Å²) < 4.78 is 17.2. The Bertz CT molecular complexity index is 890. The highest BCUT2D eigenvalue weighted by Crippen LogP contribution is 2.73. The summed E-state index contributed by atoms with van der Waals surface area (Å²) in [5, 5.41) is 11.4. The van der Waals surface area contributed by atoms with E-state index in [1.54, 1.807) is 13.8 Å². The molecule has 30 heavy (non-hydrogen) atoms. The van der Waals surface area contributed by atoms with Crippen LogP contribution in [-0.4, -0.2) is 46.9 Å². The molecule has 0 aromatic heterocycles. The van der Waals surface area contributed by atoms with Gasteiger partial charge in [-0.25, -0.2) is 4.79 Å². The number of carbonyl (C=O) groups excluding carboxylic acids is 3. The molecule has 3 unspecified atom stereocenters. The predicted octanol–water partition coefficient (Wildman–Crippen LogP) is 2.65. The summed E-state index contributed by atoms with van der Waals surface area (Å²) in [6, 6.07) is 0. The van der Waals surface area contributed by atoms with Gasteiger partial charge in [-0.3, -0.25) is 9.59 Å². The molecule has 1 heterocycles. The van der Waals surface area contributed by atoms with E-state index in [-0.39, 0.29) is 23.0 Å². The minimum atomic E-state index is -1.49. The summed E-state index contributed by atoms with van der Waals surface area (Å²) in [6.45, 7) is 11.2. The maximum atomic E-state index is 14.4. The van der Waals surface area contributed by atoms with E-state index >= 15 is 0 Å². The molecule has 164 valence electrons. The first-order chi connectivity index (χ1) is 13.9. The van der Waals surface area contributed by atoms with E-state index in [9.17, 15) is 19.5 Å². The van der Waals surface area contributed by atoms with E-state index in [2.05, 4.69) is 13.8 Å². The molecule has 1 N–H and O–H groups in total. The number of aliphatic hydroxyl groups excluding tert-OH is 1. The van der Waals surface area contributed by atoms with E-state index in [1.807, 2.05) is 13.0 Å². The Kier molecular flexibility index (Phi) is 3.78. The van der Waals surface area contributed by atoms with Crippen LogP contribution in [0.3, 0.4) is 0 Å². The molecule has 4 aliphatic carbocycles. The molecular weight excluding hydrogens is 388 g/mol. The van der Waals surface area contributed by atoms with Crippen molar-refractivity contribution in [1.82, 2.24) is 0 Å². The zero-order chi connectivity index (χ0) is 22.0. The molecule has 2 bridgehead atoms. The standard InChI is InChI=1S/C23H30O7/c1-9-8-22-10(2)7-13-15(21(13,5)6)14(17(22)26)16(25)11(3)19-23(22,30-20(27)29-19)18(9)28-12(4)24/h8,10-11,13-16,18-19,25H,7H2,1-6H3/t10-,11+,13?,14?,15-,16-,18+,19?,22+,23-/m1/s1. The highest BCUT2D eigenvalue weighted by Gasteiger charge is 2.83. The third-order valence-corrected chi connectivity index (χ3v) is 9.09. The Morgan fingerprint density at radius 1 is 1.27 bits per heavy atom. The Hall–Kier alpha value is -1.89. The van der Waals surface area contributed by atoms with Crippen LogP contribution < -0.4 is 0 Å². The van der Waals surface area contributed by atoms with Gasteiger partial charge in [0.15, 0.2) is 18.0 Å². The molecule has 7 heteroatoms. The first-order valence-electron chi connectivity index (χ1n) is 10.9. The lowest BCUT2D eigenvalue weighted by molar-refractivity contribution is -0.181. The van der Waals surface area contributed by atoms with Crippen LogP contribution in [0, 0.1) is 40.4 Å². The quantitative estimate of drug-likeness (QED) is 0.516. The fourth-order valence-electron chi connectivity index (χ4n) is 7.74. The van der Waals surface area contributed by atoms with Crippen molar-refractivity contribution in [2.45, 2.75) is 71.9 Å². The van der Waals surface area contributed by atoms with E-state index in [0.717, 1.165) is 6.42 Å². The number of ketones is 1. The van der Waals surface area contributed by atoms with Crippen LogP contribution in [0.1, 0.15) is 48.0 Å². The zero-order valence-electron chi connectivity index (χ0n) is 18.3. The van der Waals surface area contributed by atoms with E-state index in [1.165, 1.54) is 6.92 Å². The van der Waals surface area contributed by atoms with Crippen molar-refractivity contribution in [1.29, 1.82) is 0 Å². The van der Waals surface area contributed by atoms with Crippen LogP contribution in [0.4, 0.5) is 4.79 Å². The largest absolute Gasteiger partial charge is 0.509 e. The Balaban J connectivity index is 1.79. The molecule has 3 saturated carbocycles. The molecule has 5 rings (SSSR count). The lowest BCUT2D eigenvalue weighted by Gasteiger charge is -2.47. The average Bonchev–Trinajstić information content (AvgIpc) is 2.94. The molecule has 10 atom stereocenters. The van der Waals surface area contributed by atoms with Crippen molar-refractivity contribution >= 4 is 17.9 Å². The van der Waals surface area contributed by atoms with Crippen molar-refractivity contribution in [2.75, 3.05) is 0 Å². The molecule has 7 nitrogen and oxygen atoms in total. The summed E-state index contributed by atoms with van der Waals surface area (Å²) in [5.41, 5.74) is -2.04. The van der Waals surface area contributed by atoms with E-state index in [4.69, 9.17) is 14.2 Å². The topological polar surface area (TPSA) is 99.1 Å². The third-order valence-electron chi connectivity index (χ3n) is 9.09. The van der Waals surface area contributed by atoms with Gasteiger partial charge in [0, 0.05) is 18.8 Å². The average molecular weight is 418 g/mol. The van der Waals surface area contributed by atoms with Gasteiger partial charge in [0.25, 0.3) is 0 Å². The van der Waals surface area contributed by atoms with Crippen molar-refractivity contribution in [2.24, 2.45) is 40.4 Å². The maximum Gasteiger partial charge on any atom is 0.509 e. The molecule has 0 radical (unpaired) electrons. The summed E-state index contributed by atoms with van der Waals surface area (Å²) in [4.78, 5) is 38.9. The van der Waals surface area contributed by atoms with Gasteiger partial charge < -0.3 is 19.3 Å². The number of carbonyl (C=O) groups is 3. The summed E-state index contributed by atoms with van der Waals surface area (Å²) in [7, 11) is 0. The summed E-state index contributed by atoms with van der Waals surface area (Å²) in [5.74, 6) is -1.56. The summed E-state index contributed by atoms with van der Waals surface area (Å²) in [6.07, 6.45) is -1.04. The minimum absolute atomic E-state index is 0.0340. The Labute approximate surface area is 176 Å². The van der Waals surface area contributed by atoms with Gasteiger partial charge in [-0.2, -0.15) is 0 Å². The number of Topliss-reactive ketones (excluding diaryl/α,β-unsaturated/α-hetero) is 1. The first kappa shape index (κ1) is 20.0. The summed E-state index contributed by atoms with van der Waals surface area (Å²) >= 11 is 0. The third kappa shape index (κ3) is 1.98. The van der Waals surface area contributed by atoms with Crippen LogP contribution in [-0.2, 0) is 23.8 Å². The van der Waals surface area contributed by atoms with Crippen molar-refractivity contribution in [3.05, 3.63) is 11.6 Å². The number of rotatable bonds is 1. The monoisotopic (exact) mass is 418 g/mol. The molecule has 0 aromatic carbocycles. The number of ether oxygens (including phenoxy) is 3. The Morgan fingerprint density at radius 3 is 2.57 bits per heavy atom. The van der Waals surface area contributed by atoms with Gasteiger partial charge in [0.2, 0.25) is 5.60 Å². The molecule has 0 aromatic rings. The second-order valence-electron chi connectivity index (χ2n) is 10.8. The normalized spacial score (nSPS) is 52.6. The SMILES string of the molecule is CC(=O)O[C@H]1C(C)=C[C@@]23C(=O)C([C@H]4C(C[C@H]2C)C4(C)C)[C@H](O)[C@H](C)C2OC(=O)O[C@@]213. The lowest BCUT2D eigenvalue weighted by atomic mass is 9.59. The molecule has 0 amide bonds. The van der Waals surface area contributed by atoms with Crippen LogP contribution in [0.15, 0.2) is 11.6 Å². The number of esters is 1. The van der Waals surface area contributed by atoms with Crippen molar-refractivity contribution in [3.63, 3.8) is 0 Å². The van der Waals surface area contributed by atoms with Gasteiger partial charge in [-0.15, -0.1) is 0 Å². The maximum absolute atomic E-state index is 14.4. The zero-order valence-corrected chi connectivity index (χ0v) is 18.3.